The number of hydrazone groups is 1. The van der Waals surface area contributed by atoms with Crippen LogP contribution >= 0.6 is 15.9 Å². The molecule has 0 fully saturated rings. The number of aromatic nitrogens is 2. The molecule has 0 aliphatic heterocycles. The Labute approximate surface area is 124 Å². The van der Waals surface area contributed by atoms with E-state index in [0.29, 0.717) is 5.69 Å². The molecule has 0 atom stereocenters. The Morgan fingerprint density at radius 3 is 2.80 bits per heavy atom. The molecule has 6 heteroatoms. The second-order valence-corrected chi connectivity index (χ2v) is 4.99. The zero-order valence-corrected chi connectivity index (χ0v) is 12.4. The van der Waals surface area contributed by atoms with E-state index >= 15 is 0 Å². The zero-order chi connectivity index (χ0) is 14.4. The van der Waals surface area contributed by atoms with Crippen molar-refractivity contribution in [3.63, 3.8) is 0 Å². The number of benzene rings is 1. The molecule has 5 nitrogen and oxygen atoms in total. The number of aromatic amines is 1. The fourth-order valence-electron chi connectivity index (χ4n) is 1.49. The van der Waals surface area contributed by atoms with Gasteiger partial charge in [-0.1, -0.05) is 30.3 Å². The number of aryl methyl sites for hydroxylation is 1. The van der Waals surface area contributed by atoms with Gasteiger partial charge >= 0.3 is 0 Å². The Hall–Kier alpha value is -2.21. The van der Waals surface area contributed by atoms with E-state index in [1.54, 1.807) is 6.07 Å². The first-order valence-corrected chi connectivity index (χ1v) is 6.72. The maximum Gasteiger partial charge on any atom is 0.291 e. The highest BCUT2D eigenvalue weighted by Crippen LogP contribution is 2.09. The molecule has 1 aromatic carbocycles. The summed E-state index contributed by atoms with van der Waals surface area (Å²) >= 11 is 3.36. The van der Waals surface area contributed by atoms with Crippen LogP contribution in [0.5, 0.6) is 0 Å². The first-order chi connectivity index (χ1) is 9.65. The predicted octanol–water partition coefficient (Wildman–Crippen LogP) is 2.87. The molecule has 1 aromatic heterocycles. The largest absolute Gasteiger partial charge is 0.291 e. The number of nitrogens with one attached hydrogen (secondary N) is 2. The van der Waals surface area contributed by atoms with Gasteiger partial charge in [0.25, 0.3) is 5.91 Å². The molecule has 20 heavy (non-hydrogen) atoms. The molecule has 0 bridgehead atoms. The molecule has 2 rings (SSSR count). The monoisotopic (exact) mass is 332 g/mol. The molecular formula is C14H13BrN4O. The summed E-state index contributed by atoms with van der Waals surface area (Å²) in [6.45, 7) is 1.83. The summed E-state index contributed by atoms with van der Waals surface area (Å²) < 4.78 is 0.752. The van der Waals surface area contributed by atoms with Crippen LogP contribution in [-0.4, -0.2) is 22.3 Å². The second-order valence-electron chi connectivity index (χ2n) is 4.08. The van der Waals surface area contributed by atoms with Gasteiger partial charge in [-0.25, -0.2) is 5.43 Å². The van der Waals surface area contributed by atoms with Crippen molar-refractivity contribution in [2.45, 2.75) is 6.92 Å². The van der Waals surface area contributed by atoms with Crippen molar-refractivity contribution in [3.05, 3.63) is 57.8 Å². The van der Waals surface area contributed by atoms with Crippen molar-refractivity contribution in [2.24, 2.45) is 5.10 Å². The lowest BCUT2D eigenvalue weighted by Crippen LogP contribution is -2.17. The Bertz CT molecular complexity index is 646. The average Bonchev–Trinajstić information content (AvgIpc) is 2.86. The highest BCUT2D eigenvalue weighted by molar-refractivity contribution is 9.12. The highest BCUT2D eigenvalue weighted by Gasteiger charge is 2.07. The molecule has 0 saturated heterocycles. The van der Waals surface area contributed by atoms with Gasteiger partial charge in [0.15, 0.2) is 5.69 Å². The van der Waals surface area contributed by atoms with E-state index in [-0.39, 0.29) is 5.91 Å². The molecular weight excluding hydrogens is 320 g/mol. The van der Waals surface area contributed by atoms with E-state index in [4.69, 9.17) is 0 Å². The van der Waals surface area contributed by atoms with E-state index < -0.39 is 0 Å². The van der Waals surface area contributed by atoms with Crippen molar-refractivity contribution in [1.29, 1.82) is 0 Å². The summed E-state index contributed by atoms with van der Waals surface area (Å²) in [7, 11) is 0. The van der Waals surface area contributed by atoms with Crippen LogP contribution in [0.4, 0.5) is 0 Å². The van der Waals surface area contributed by atoms with Crippen molar-refractivity contribution >= 4 is 34.1 Å². The number of carbonyl (C=O) groups excluding carboxylic acids is 1. The third kappa shape index (κ3) is 4.17. The lowest BCUT2D eigenvalue weighted by atomic mass is 10.2. The number of hydrogen-bond acceptors (Lipinski definition) is 3. The average molecular weight is 333 g/mol. The third-order valence-electron chi connectivity index (χ3n) is 2.40. The van der Waals surface area contributed by atoms with Crippen LogP contribution in [0, 0.1) is 6.92 Å². The Balaban J connectivity index is 1.93. The molecule has 0 aliphatic rings. The fraction of sp³-hybridized carbons (Fsp3) is 0.0714. The summed E-state index contributed by atoms with van der Waals surface area (Å²) in [6, 6.07) is 11.4. The van der Waals surface area contributed by atoms with Crippen molar-refractivity contribution < 1.29 is 4.79 Å². The van der Waals surface area contributed by atoms with Gasteiger partial charge in [0, 0.05) is 10.2 Å². The summed E-state index contributed by atoms with van der Waals surface area (Å²) in [5.41, 5.74) is 4.58. The number of halogens is 1. The van der Waals surface area contributed by atoms with E-state index in [0.717, 1.165) is 15.7 Å². The van der Waals surface area contributed by atoms with Crippen molar-refractivity contribution in [1.82, 2.24) is 15.6 Å². The standard InChI is InChI=1S/C14H13BrN4O/c1-10-7-13(18-17-10)14(20)19-16-9-12(15)8-11-5-3-2-4-6-11/h2-9H,1H3,(H,17,18)(H,19,20)/b12-8-,16-9-. The molecule has 102 valence electrons. The van der Waals surface area contributed by atoms with Gasteiger partial charge in [0.05, 0.1) is 6.21 Å². The first kappa shape index (κ1) is 14.2. The Morgan fingerprint density at radius 2 is 2.15 bits per heavy atom. The Morgan fingerprint density at radius 1 is 1.40 bits per heavy atom. The van der Waals surface area contributed by atoms with Crippen LogP contribution in [0.2, 0.25) is 0 Å². The number of allylic oxidation sites excluding steroid dienone is 1. The molecule has 0 saturated carbocycles. The normalized spacial score (nSPS) is 11.8. The van der Waals surface area contributed by atoms with Crippen LogP contribution in [0.1, 0.15) is 21.7 Å². The molecule has 1 heterocycles. The Kier molecular flexibility index (Phi) is 4.84. The van der Waals surface area contributed by atoms with Crippen LogP contribution < -0.4 is 5.43 Å². The van der Waals surface area contributed by atoms with Gasteiger partial charge < -0.3 is 0 Å². The summed E-state index contributed by atoms with van der Waals surface area (Å²) in [6.07, 6.45) is 3.42. The van der Waals surface area contributed by atoms with Crippen LogP contribution in [0.25, 0.3) is 6.08 Å². The van der Waals surface area contributed by atoms with Gasteiger partial charge in [-0.15, -0.1) is 0 Å². The van der Waals surface area contributed by atoms with Gasteiger partial charge in [-0.2, -0.15) is 10.2 Å². The summed E-state index contributed by atoms with van der Waals surface area (Å²) in [4.78, 5) is 11.7. The quantitative estimate of drug-likeness (QED) is 0.667. The molecule has 0 radical (unpaired) electrons. The summed E-state index contributed by atoms with van der Waals surface area (Å²) in [5.74, 6) is -0.356. The van der Waals surface area contributed by atoms with E-state index in [1.165, 1.54) is 6.21 Å². The lowest BCUT2D eigenvalue weighted by Gasteiger charge is -1.95. The number of rotatable bonds is 4. The van der Waals surface area contributed by atoms with Crippen LogP contribution in [-0.2, 0) is 0 Å². The molecule has 0 aliphatic carbocycles. The van der Waals surface area contributed by atoms with Crippen LogP contribution in [0.15, 0.2) is 46.0 Å². The predicted molar refractivity (Wildman–Crippen MR) is 82.6 cm³/mol. The minimum atomic E-state index is -0.356. The highest BCUT2D eigenvalue weighted by atomic mass is 79.9. The smallest absolute Gasteiger partial charge is 0.282 e. The topological polar surface area (TPSA) is 70.1 Å². The third-order valence-corrected chi connectivity index (χ3v) is 2.83. The minimum Gasteiger partial charge on any atom is -0.282 e. The van der Waals surface area contributed by atoms with Gasteiger partial charge in [-0.3, -0.25) is 9.89 Å². The summed E-state index contributed by atoms with van der Waals surface area (Å²) in [5, 5.41) is 10.4. The first-order valence-electron chi connectivity index (χ1n) is 5.93. The van der Waals surface area contributed by atoms with Gasteiger partial charge in [0.2, 0.25) is 0 Å². The van der Waals surface area contributed by atoms with Gasteiger partial charge in [0.1, 0.15) is 0 Å². The van der Waals surface area contributed by atoms with Crippen LogP contribution in [0.3, 0.4) is 0 Å². The molecule has 0 unspecified atom stereocenters. The number of nitrogens with zero attached hydrogens (tertiary/aromatic N) is 2. The number of carbonyl (C=O) groups is 1. The van der Waals surface area contributed by atoms with E-state index in [1.807, 2.05) is 43.3 Å². The maximum atomic E-state index is 11.7. The van der Waals surface area contributed by atoms with E-state index in [9.17, 15) is 4.79 Å². The SMILES string of the molecule is Cc1cc(C(=O)N/N=C\C(Br)=C\c2ccccc2)n[nH]1. The molecule has 0 spiro atoms. The number of H-pyrrole nitrogens is 1. The zero-order valence-electron chi connectivity index (χ0n) is 10.8. The number of amides is 1. The molecule has 2 aromatic rings. The maximum absolute atomic E-state index is 11.7. The van der Waals surface area contributed by atoms with Crippen molar-refractivity contribution in [2.75, 3.05) is 0 Å². The fourth-order valence-corrected chi connectivity index (χ4v) is 1.86. The van der Waals surface area contributed by atoms with Crippen molar-refractivity contribution in [3.8, 4) is 0 Å². The van der Waals surface area contributed by atoms with Gasteiger partial charge in [-0.05, 0) is 40.6 Å². The second kappa shape index (κ2) is 6.81. The molecule has 1 amide bonds. The number of hydrogen-bond donors (Lipinski definition) is 2. The minimum absolute atomic E-state index is 0.308. The lowest BCUT2D eigenvalue weighted by molar-refractivity contribution is 0.0950. The van der Waals surface area contributed by atoms with E-state index in [2.05, 4.69) is 36.7 Å². The molecule has 2 N–H and O–H groups in total.